The van der Waals surface area contributed by atoms with Crippen molar-refractivity contribution in [2.45, 2.75) is 29.9 Å². The van der Waals surface area contributed by atoms with E-state index in [1.165, 1.54) is 0 Å². The molecule has 1 aliphatic rings. The van der Waals surface area contributed by atoms with Gasteiger partial charge in [-0.3, -0.25) is 4.72 Å². The number of aromatic nitrogens is 2. The lowest BCUT2D eigenvalue weighted by Crippen LogP contribution is -2.14. The first kappa shape index (κ1) is 17.2. The van der Waals surface area contributed by atoms with Crippen molar-refractivity contribution >= 4 is 27.5 Å². The van der Waals surface area contributed by atoms with Crippen LogP contribution in [0.3, 0.4) is 0 Å². The minimum Gasteiger partial charge on any atom is -0.325 e. The predicted octanol–water partition coefficient (Wildman–Crippen LogP) is 4.02. The van der Waals surface area contributed by atoms with Gasteiger partial charge in [0.15, 0.2) is 5.16 Å². The summed E-state index contributed by atoms with van der Waals surface area (Å²) >= 11 is 1.74. The highest BCUT2D eigenvalue weighted by Gasteiger charge is 2.19. The molecule has 1 N–H and O–H groups in total. The van der Waals surface area contributed by atoms with Gasteiger partial charge >= 0.3 is 0 Å². The van der Waals surface area contributed by atoms with E-state index in [0.717, 1.165) is 34.3 Å². The SMILES string of the molecule is CCc1ccccc1S(=O)(=O)Nc1cccc(-c2cn3c(n2)SCC3)c1. The minimum absolute atomic E-state index is 0.324. The van der Waals surface area contributed by atoms with Gasteiger partial charge in [-0.15, -0.1) is 0 Å². The molecular formula is C19H19N3O2S2. The Hall–Kier alpha value is -2.25. The third kappa shape index (κ3) is 3.24. The van der Waals surface area contributed by atoms with E-state index in [1.807, 2.05) is 43.5 Å². The molecule has 2 heterocycles. The van der Waals surface area contributed by atoms with Crippen LogP contribution in [0.1, 0.15) is 12.5 Å². The van der Waals surface area contributed by atoms with Gasteiger partial charge in [-0.2, -0.15) is 0 Å². The van der Waals surface area contributed by atoms with Crippen LogP contribution in [-0.2, 0) is 23.0 Å². The summed E-state index contributed by atoms with van der Waals surface area (Å²) in [7, 11) is -3.63. The Morgan fingerprint density at radius 1 is 1.19 bits per heavy atom. The Bertz CT molecular complexity index is 1040. The molecule has 7 heteroatoms. The first-order valence-corrected chi connectivity index (χ1v) is 10.9. The van der Waals surface area contributed by atoms with Crippen molar-refractivity contribution in [1.29, 1.82) is 0 Å². The highest BCUT2D eigenvalue weighted by atomic mass is 32.2. The number of fused-ring (bicyclic) bond motifs is 1. The molecule has 26 heavy (non-hydrogen) atoms. The maximum Gasteiger partial charge on any atom is 0.262 e. The van der Waals surface area contributed by atoms with Crippen LogP contribution in [0, 0.1) is 0 Å². The topological polar surface area (TPSA) is 64.0 Å². The van der Waals surface area contributed by atoms with Crippen molar-refractivity contribution in [3.05, 3.63) is 60.3 Å². The second-order valence-electron chi connectivity index (χ2n) is 6.10. The van der Waals surface area contributed by atoms with Crippen LogP contribution < -0.4 is 4.72 Å². The van der Waals surface area contributed by atoms with Crippen LogP contribution in [0.2, 0.25) is 0 Å². The molecule has 0 spiro atoms. The molecule has 1 aromatic heterocycles. The Balaban J connectivity index is 1.64. The van der Waals surface area contributed by atoms with Gasteiger partial charge in [0.2, 0.25) is 0 Å². The van der Waals surface area contributed by atoms with Gasteiger partial charge < -0.3 is 4.57 Å². The summed E-state index contributed by atoms with van der Waals surface area (Å²) in [6.07, 6.45) is 2.68. The molecule has 2 aromatic carbocycles. The second-order valence-corrected chi connectivity index (χ2v) is 8.81. The van der Waals surface area contributed by atoms with Gasteiger partial charge in [-0.05, 0) is 30.2 Å². The molecule has 0 bridgehead atoms. The van der Waals surface area contributed by atoms with Crippen molar-refractivity contribution in [1.82, 2.24) is 9.55 Å². The zero-order chi connectivity index (χ0) is 18.1. The minimum atomic E-state index is -3.63. The summed E-state index contributed by atoms with van der Waals surface area (Å²) in [6, 6.07) is 14.5. The number of rotatable bonds is 5. The largest absolute Gasteiger partial charge is 0.325 e. The van der Waals surface area contributed by atoms with Crippen molar-refractivity contribution < 1.29 is 8.42 Å². The summed E-state index contributed by atoms with van der Waals surface area (Å²) in [6.45, 7) is 2.91. The zero-order valence-corrected chi connectivity index (χ0v) is 16.0. The van der Waals surface area contributed by atoms with Crippen molar-refractivity contribution in [3.63, 3.8) is 0 Å². The number of imidazole rings is 1. The molecule has 0 fully saturated rings. The third-order valence-electron chi connectivity index (χ3n) is 4.36. The smallest absolute Gasteiger partial charge is 0.262 e. The van der Waals surface area contributed by atoms with Crippen molar-refractivity contribution in [2.75, 3.05) is 10.5 Å². The number of benzene rings is 2. The second kappa shape index (κ2) is 6.81. The Labute approximate surface area is 157 Å². The first-order valence-electron chi connectivity index (χ1n) is 8.48. The lowest BCUT2D eigenvalue weighted by molar-refractivity contribution is 0.600. The molecule has 0 saturated heterocycles. The highest BCUT2D eigenvalue weighted by Crippen LogP contribution is 2.30. The summed E-state index contributed by atoms with van der Waals surface area (Å²) in [5, 5.41) is 1.02. The fourth-order valence-electron chi connectivity index (χ4n) is 3.06. The number of nitrogens with zero attached hydrogens (tertiary/aromatic N) is 2. The number of thioether (sulfide) groups is 1. The highest BCUT2D eigenvalue weighted by molar-refractivity contribution is 7.99. The third-order valence-corrected chi connectivity index (χ3v) is 6.81. The molecule has 0 amide bonds. The van der Waals surface area contributed by atoms with Crippen LogP contribution >= 0.6 is 11.8 Å². The monoisotopic (exact) mass is 385 g/mol. The zero-order valence-electron chi connectivity index (χ0n) is 14.3. The normalized spacial score (nSPS) is 13.6. The average molecular weight is 386 g/mol. The van der Waals surface area contributed by atoms with Gasteiger partial charge in [-0.25, -0.2) is 13.4 Å². The Morgan fingerprint density at radius 2 is 2.04 bits per heavy atom. The van der Waals surface area contributed by atoms with E-state index in [1.54, 1.807) is 30.0 Å². The molecule has 1 aliphatic heterocycles. The number of hydrogen-bond donors (Lipinski definition) is 1. The van der Waals surface area contributed by atoms with Crippen LogP contribution in [0.4, 0.5) is 5.69 Å². The van der Waals surface area contributed by atoms with E-state index in [9.17, 15) is 8.42 Å². The number of nitrogens with one attached hydrogen (secondary N) is 1. The maximum atomic E-state index is 12.8. The van der Waals surface area contributed by atoms with Crippen LogP contribution in [0.25, 0.3) is 11.3 Å². The predicted molar refractivity (Wildman–Crippen MR) is 105 cm³/mol. The molecule has 0 atom stereocenters. The molecule has 0 saturated carbocycles. The summed E-state index contributed by atoms with van der Waals surface area (Å²) in [5.41, 5.74) is 3.10. The van der Waals surface area contributed by atoms with E-state index in [0.29, 0.717) is 17.0 Å². The van der Waals surface area contributed by atoms with E-state index < -0.39 is 10.0 Å². The fraction of sp³-hybridized carbons (Fsp3) is 0.211. The van der Waals surface area contributed by atoms with Gasteiger partial charge in [0.1, 0.15) is 0 Å². The van der Waals surface area contributed by atoms with E-state index in [2.05, 4.69) is 14.3 Å². The molecule has 3 aromatic rings. The lowest BCUT2D eigenvalue weighted by atomic mass is 10.1. The van der Waals surface area contributed by atoms with Crippen LogP contribution in [0.15, 0.2) is 64.8 Å². The first-order chi connectivity index (χ1) is 12.6. The van der Waals surface area contributed by atoms with Gasteiger partial charge in [0.05, 0.1) is 10.6 Å². The van der Waals surface area contributed by atoms with Crippen LogP contribution in [-0.4, -0.2) is 23.7 Å². The Kier molecular flexibility index (Phi) is 4.50. The number of hydrogen-bond acceptors (Lipinski definition) is 4. The summed E-state index contributed by atoms with van der Waals surface area (Å²) in [5.74, 6) is 1.05. The maximum absolute atomic E-state index is 12.8. The van der Waals surface area contributed by atoms with E-state index in [4.69, 9.17) is 0 Å². The standard InChI is InChI=1S/C19H19N3O2S2/c1-2-14-6-3-4-9-18(14)26(23,24)21-16-8-5-7-15(12-16)17-13-22-10-11-25-19(22)20-17/h3-9,12-13,21H,2,10-11H2,1H3. The fourth-order valence-corrected chi connectivity index (χ4v) is 5.36. The lowest BCUT2D eigenvalue weighted by Gasteiger charge is -2.12. The van der Waals surface area contributed by atoms with E-state index >= 15 is 0 Å². The average Bonchev–Trinajstić information content (AvgIpc) is 3.23. The summed E-state index contributed by atoms with van der Waals surface area (Å²) < 4.78 is 30.5. The van der Waals surface area contributed by atoms with Crippen molar-refractivity contribution in [2.24, 2.45) is 0 Å². The van der Waals surface area contributed by atoms with Crippen LogP contribution in [0.5, 0.6) is 0 Å². The number of sulfonamides is 1. The molecule has 4 rings (SSSR count). The van der Waals surface area contributed by atoms with Gasteiger partial charge in [-0.1, -0.05) is 49.0 Å². The molecule has 0 unspecified atom stereocenters. The molecule has 0 radical (unpaired) electrons. The van der Waals surface area contributed by atoms with Gasteiger partial charge in [0.25, 0.3) is 10.0 Å². The Morgan fingerprint density at radius 3 is 2.85 bits per heavy atom. The molecule has 134 valence electrons. The van der Waals surface area contributed by atoms with Gasteiger partial charge in [0, 0.05) is 29.7 Å². The molecule has 0 aliphatic carbocycles. The van der Waals surface area contributed by atoms with Crippen molar-refractivity contribution in [3.8, 4) is 11.3 Å². The number of aryl methyl sites for hydroxylation is 2. The molecule has 5 nitrogen and oxygen atoms in total. The van der Waals surface area contributed by atoms with E-state index in [-0.39, 0.29) is 0 Å². The summed E-state index contributed by atoms with van der Waals surface area (Å²) in [4.78, 5) is 4.96. The number of anilines is 1. The molecular weight excluding hydrogens is 366 g/mol. The quantitative estimate of drug-likeness (QED) is 0.720.